The van der Waals surface area contributed by atoms with Gasteiger partial charge in [0.1, 0.15) is 17.5 Å². The zero-order chi connectivity index (χ0) is 15.9. The van der Waals surface area contributed by atoms with Crippen molar-refractivity contribution in [3.05, 3.63) is 41.5 Å². The maximum atomic E-state index is 12.0. The van der Waals surface area contributed by atoms with Crippen LogP contribution in [0.25, 0.3) is 11.6 Å². The summed E-state index contributed by atoms with van der Waals surface area (Å²) in [4.78, 5) is 16.6. The van der Waals surface area contributed by atoms with E-state index in [4.69, 9.17) is 0 Å². The third kappa shape index (κ3) is 3.34. The minimum Gasteiger partial charge on any atom is -0.351 e. The van der Waals surface area contributed by atoms with Gasteiger partial charge in [-0.15, -0.1) is 0 Å². The summed E-state index contributed by atoms with van der Waals surface area (Å²) in [5.41, 5.74) is 1.63. The summed E-state index contributed by atoms with van der Waals surface area (Å²) in [6.07, 6.45) is 6.18. The third-order valence-corrected chi connectivity index (χ3v) is 3.43. The van der Waals surface area contributed by atoms with E-state index < -0.39 is 0 Å². The number of carbonyl (C=O) groups excluding carboxylic acids is 1. The van der Waals surface area contributed by atoms with E-state index in [0.717, 1.165) is 30.6 Å². The number of hydrogen-bond acceptors (Lipinski definition) is 3. The first kappa shape index (κ1) is 15.8. The highest BCUT2D eigenvalue weighted by Crippen LogP contribution is 2.16. The fourth-order valence-corrected chi connectivity index (χ4v) is 2.24. The van der Waals surface area contributed by atoms with Crippen LogP contribution in [0.3, 0.4) is 0 Å². The number of aryl methyl sites for hydroxylation is 1. The SMILES string of the molecule is CCCCNC(=O)/C(C#N)=C\c1nc(CC)n2ccccc12. The molecule has 114 valence electrons. The van der Waals surface area contributed by atoms with Crippen molar-refractivity contribution in [2.75, 3.05) is 6.54 Å². The van der Waals surface area contributed by atoms with Gasteiger partial charge in [0.15, 0.2) is 0 Å². The van der Waals surface area contributed by atoms with Crippen LogP contribution < -0.4 is 5.32 Å². The summed E-state index contributed by atoms with van der Waals surface area (Å²) < 4.78 is 1.98. The molecule has 1 N–H and O–H groups in total. The minimum atomic E-state index is -0.342. The van der Waals surface area contributed by atoms with E-state index in [2.05, 4.69) is 17.2 Å². The highest BCUT2D eigenvalue weighted by atomic mass is 16.1. The average molecular weight is 296 g/mol. The Hall–Kier alpha value is -2.61. The summed E-state index contributed by atoms with van der Waals surface area (Å²) in [7, 11) is 0. The Kier molecular flexibility index (Phi) is 5.31. The fourth-order valence-electron chi connectivity index (χ4n) is 2.24. The molecule has 2 heterocycles. The topological polar surface area (TPSA) is 70.2 Å². The van der Waals surface area contributed by atoms with Crippen LogP contribution in [-0.2, 0) is 11.2 Å². The molecule has 0 bridgehead atoms. The van der Waals surface area contributed by atoms with Crippen molar-refractivity contribution >= 4 is 17.5 Å². The van der Waals surface area contributed by atoms with Crippen molar-refractivity contribution in [2.45, 2.75) is 33.1 Å². The zero-order valence-electron chi connectivity index (χ0n) is 13.0. The maximum absolute atomic E-state index is 12.0. The van der Waals surface area contributed by atoms with Crippen molar-refractivity contribution in [1.82, 2.24) is 14.7 Å². The smallest absolute Gasteiger partial charge is 0.262 e. The molecular weight excluding hydrogens is 276 g/mol. The predicted molar refractivity (Wildman–Crippen MR) is 86.1 cm³/mol. The van der Waals surface area contributed by atoms with Gasteiger partial charge in [0.25, 0.3) is 5.91 Å². The normalized spacial score (nSPS) is 11.4. The van der Waals surface area contributed by atoms with E-state index in [1.54, 1.807) is 6.08 Å². The van der Waals surface area contributed by atoms with Gasteiger partial charge in [-0.25, -0.2) is 4.98 Å². The van der Waals surface area contributed by atoms with E-state index in [1.165, 1.54) is 0 Å². The first-order valence-corrected chi connectivity index (χ1v) is 7.57. The second-order valence-corrected chi connectivity index (χ2v) is 5.00. The van der Waals surface area contributed by atoms with E-state index in [9.17, 15) is 10.1 Å². The van der Waals surface area contributed by atoms with Gasteiger partial charge in [-0.05, 0) is 24.6 Å². The molecule has 5 heteroatoms. The molecule has 2 aromatic rings. The van der Waals surface area contributed by atoms with Gasteiger partial charge in [-0.2, -0.15) is 5.26 Å². The van der Waals surface area contributed by atoms with Crippen molar-refractivity contribution in [1.29, 1.82) is 5.26 Å². The van der Waals surface area contributed by atoms with Gasteiger partial charge in [-0.1, -0.05) is 26.3 Å². The highest BCUT2D eigenvalue weighted by Gasteiger charge is 2.12. The number of carbonyl (C=O) groups is 1. The number of rotatable bonds is 6. The minimum absolute atomic E-state index is 0.0857. The molecule has 0 spiro atoms. The number of pyridine rings is 1. The Labute approximate surface area is 130 Å². The number of fused-ring (bicyclic) bond motifs is 1. The number of nitrogens with one attached hydrogen (secondary N) is 1. The highest BCUT2D eigenvalue weighted by molar-refractivity contribution is 6.02. The van der Waals surface area contributed by atoms with Gasteiger partial charge in [0, 0.05) is 19.2 Å². The molecule has 1 amide bonds. The largest absolute Gasteiger partial charge is 0.351 e. The van der Waals surface area contributed by atoms with E-state index in [0.29, 0.717) is 12.2 Å². The number of amides is 1. The first-order valence-electron chi connectivity index (χ1n) is 7.57. The Balaban J connectivity index is 2.34. The van der Waals surface area contributed by atoms with Gasteiger partial charge < -0.3 is 9.72 Å². The Morgan fingerprint density at radius 3 is 2.95 bits per heavy atom. The van der Waals surface area contributed by atoms with E-state index in [-0.39, 0.29) is 11.5 Å². The van der Waals surface area contributed by atoms with Crippen LogP contribution >= 0.6 is 0 Å². The van der Waals surface area contributed by atoms with Crippen LogP contribution in [0.1, 0.15) is 38.2 Å². The molecule has 0 aliphatic rings. The molecule has 22 heavy (non-hydrogen) atoms. The molecule has 2 rings (SSSR count). The number of aromatic nitrogens is 2. The van der Waals surface area contributed by atoms with E-state index in [1.807, 2.05) is 41.8 Å². The first-order chi connectivity index (χ1) is 10.7. The van der Waals surface area contributed by atoms with Crippen LogP contribution in [0, 0.1) is 11.3 Å². The summed E-state index contributed by atoms with van der Waals surface area (Å²) in [5, 5.41) is 12.0. The number of nitrogens with zero attached hydrogens (tertiary/aromatic N) is 3. The fraction of sp³-hybridized carbons (Fsp3) is 0.353. The predicted octanol–water partition coefficient (Wildman–Crippen LogP) is 2.72. The van der Waals surface area contributed by atoms with Crippen LogP contribution in [0.5, 0.6) is 0 Å². The van der Waals surface area contributed by atoms with Crippen molar-refractivity contribution < 1.29 is 4.79 Å². The Bertz CT molecular complexity index is 737. The monoisotopic (exact) mass is 296 g/mol. The van der Waals surface area contributed by atoms with Crippen LogP contribution in [0.4, 0.5) is 0 Å². The summed E-state index contributed by atoms with van der Waals surface area (Å²) in [5.74, 6) is 0.566. The Morgan fingerprint density at radius 1 is 1.45 bits per heavy atom. The maximum Gasteiger partial charge on any atom is 0.262 e. The van der Waals surface area contributed by atoms with Gasteiger partial charge in [0.2, 0.25) is 0 Å². The van der Waals surface area contributed by atoms with Crippen LogP contribution in [0.15, 0.2) is 30.0 Å². The second-order valence-electron chi connectivity index (χ2n) is 5.00. The molecule has 0 aromatic carbocycles. The molecule has 0 aliphatic heterocycles. The molecule has 0 aliphatic carbocycles. The van der Waals surface area contributed by atoms with Gasteiger partial charge >= 0.3 is 0 Å². The lowest BCUT2D eigenvalue weighted by molar-refractivity contribution is -0.117. The van der Waals surface area contributed by atoms with Crippen molar-refractivity contribution in [2.24, 2.45) is 0 Å². The Morgan fingerprint density at radius 2 is 2.27 bits per heavy atom. The summed E-state index contributed by atoms with van der Waals surface area (Å²) in [6.45, 7) is 4.66. The average Bonchev–Trinajstić information content (AvgIpc) is 2.90. The molecular formula is C17H20N4O. The molecule has 0 saturated carbocycles. The number of unbranched alkanes of at least 4 members (excludes halogenated alkanes) is 1. The molecule has 0 saturated heterocycles. The lowest BCUT2D eigenvalue weighted by atomic mass is 10.2. The lowest BCUT2D eigenvalue weighted by Gasteiger charge is -2.02. The van der Waals surface area contributed by atoms with Crippen LogP contribution in [-0.4, -0.2) is 21.8 Å². The number of hydrogen-bond donors (Lipinski definition) is 1. The summed E-state index contributed by atoms with van der Waals surface area (Å²) in [6, 6.07) is 7.75. The zero-order valence-corrected chi connectivity index (χ0v) is 13.0. The lowest BCUT2D eigenvalue weighted by Crippen LogP contribution is -2.25. The molecule has 0 fully saturated rings. The summed E-state index contributed by atoms with van der Waals surface area (Å²) >= 11 is 0. The quantitative estimate of drug-likeness (QED) is 0.506. The van der Waals surface area contributed by atoms with E-state index >= 15 is 0 Å². The molecule has 0 radical (unpaired) electrons. The van der Waals surface area contributed by atoms with Crippen molar-refractivity contribution in [3.8, 4) is 6.07 Å². The number of nitriles is 1. The van der Waals surface area contributed by atoms with Crippen LogP contribution in [0.2, 0.25) is 0 Å². The van der Waals surface area contributed by atoms with Gasteiger partial charge in [-0.3, -0.25) is 4.79 Å². The third-order valence-electron chi connectivity index (χ3n) is 3.43. The molecule has 0 unspecified atom stereocenters. The van der Waals surface area contributed by atoms with Gasteiger partial charge in [0.05, 0.1) is 11.2 Å². The number of imidazole rings is 1. The molecule has 5 nitrogen and oxygen atoms in total. The molecule has 2 aromatic heterocycles. The standard InChI is InChI=1S/C17H20N4O/c1-3-5-9-19-17(22)13(12-18)11-14-15-8-6-7-10-21(15)16(4-2)20-14/h6-8,10-11H,3-5,9H2,1-2H3,(H,19,22)/b13-11-. The van der Waals surface area contributed by atoms with Crippen molar-refractivity contribution in [3.63, 3.8) is 0 Å². The molecule has 0 atom stereocenters. The second kappa shape index (κ2) is 7.41.